The van der Waals surface area contributed by atoms with E-state index in [1.165, 1.54) is 11.8 Å². The fourth-order valence-electron chi connectivity index (χ4n) is 3.80. The van der Waals surface area contributed by atoms with E-state index in [9.17, 15) is 9.59 Å². The second-order valence-corrected chi connectivity index (χ2v) is 9.35. The van der Waals surface area contributed by atoms with E-state index in [-0.39, 0.29) is 17.6 Å². The summed E-state index contributed by atoms with van der Waals surface area (Å²) in [5.74, 6) is -0.131. The number of benzene rings is 3. The fourth-order valence-corrected chi connectivity index (χ4v) is 4.55. The minimum absolute atomic E-state index is 0.112. The third-order valence-electron chi connectivity index (χ3n) is 5.62. The molecule has 3 aromatic carbocycles. The molecule has 2 amide bonds. The van der Waals surface area contributed by atoms with Gasteiger partial charge in [-0.15, -0.1) is 0 Å². The maximum Gasteiger partial charge on any atom is 0.255 e. The van der Waals surface area contributed by atoms with Gasteiger partial charge in [0, 0.05) is 17.1 Å². The highest BCUT2D eigenvalue weighted by atomic mass is 32.2. The van der Waals surface area contributed by atoms with Crippen LogP contribution in [-0.2, 0) is 9.59 Å². The first kappa shape index (κ1) is 24.3. The van der Waals surface area contributed by atoms with Gasteiger partial charge >= 0.3 is 0 Å². The number of carbonyl (C=O) groups is 2. The van der Waals surface area contributed by atoms with Gasteiger partial charge in [-0.25, -0.2) is 4.99 Å². The van der Waals surface area contributed by atoms with Crippen molar-refractivity contribution in [2.75, 3.05) is 16.4 Å². The highest BCUT2D eigenvalue weighted by molar-refractivity contribution is 8.14. The Kier molecular flexibility index (Phi) is 7.67. The fraction of sp³-hybridized carbons (Fsp3) is 0.179. The number of hydrogen-bond acceptors (Lipinski definition) is 5. The molecule has 1 atom stereocenters. The summed E-state index contributed by atoms with van der Waals surface area (Å²) in [5.41, 5.74) is 5.79. The highest BCUT2D eigenvalue weighted by Gasteiger charge is 2.29. The van der Waals surface area contributed by atoms with Crippen molar-refractivity contribution in [3.05, 3.63) is 107 Å². The number of amidine groups is 1. The summed E-state index contributed by atoms with van der Waals surface area (Å²) < 4.78 is 0. The van der Waals surface area contributed by atoms with E-state index in [0.717, 1.165) is 28.1 Å². The number of thioether (sulfide) groups is 1. The molecule has 1 heterocycles. The summed E-state index contributed by atoms with van der Waals surface area (Å²) in [6, 6.07) is 24.5. The zero-order chi connectivity index (χ0) is 24.8. The van der Waals surface area contributed by atoms with Crippen LogP contribution in [0.15, 0.2) is 95.1 Å². The van der Waals surface area contributed by atoms with Gasteiger partial charge in [0.05, 0.1) is 11.3 Å². The van der Waals surface area contributed by atoms with Gasteiger partial charge in [-0.05, 0) is 55.7 Å². The van der Waals surface area contributed by atoms with E-state index < -0.39 is 6.04 Å². The second-order valence-electron chi connectivity index (χ2n) is 8.39. The zero-order valence-electron chi connectivity index (χ0n) is 20.0. The van der Waals surface area contributed by atoms with Gasteiger partial charge in [0.25, 0.3) is 5.91 Å². The summed E-state index contributed by atoms with van der Waals surface area (Å²) in [5, 5.41) is 9.77. The van der Waals surface area contributed by atoms with Crippen LogP contribution in [0, 0.1) is 13.8 Å². The van der Waals surface area contributed by atoms with Crippen LogP contribution in [0.2, 0.25) is 0 Å². The Morgan fingerprint density at radius 2 is 1.60 bits per heavy atom. The minimum atomic E-state index is -0.481. The Bertz CT molecular complexity index is 1290. The molecule has 0 saturated heterocycles. The maximum atomic E-state index is 13.2. The quantitative estimate of drug-likeness (QED) is 0.426. The molecule has 1 aliphatic heterocycles. The first-order chi connectivity index (χ1) is 16.9. The number of rotatable bonds is 6. The summed E-state index contributed by atoms with van der Waals surface area (Å²) in [7, 11) is 0. The van der Waals surface area contributed by atoms with Crippen LogP contribution in [0.25, 0.3) is 0 Å². The Hall–Kier alpha value is -3.84. The molecule has 6 nitrogen and oxygen atoms in total. The molecule has 4 rings (SSSR count). The Balaban J connectivity index is 1.51. The number of hydrogen-bond donors (Lipinski definition) is 3. The first-order valence-electron chi connectivity index (χ1n) is 11.4. The average Bonchev–Trinajstić information content (AvgIpc) is 2.85. The number of nitrogens with zero attached hydrogens (tertiary/aromatic N) is 1. The lowest BCUT2D eigenvalue weighted by atomic mass is 9.96. The molecule has 3 N–H and O–H groups in total. The van der Waals surface area contributed by atoms with Crippen LogP contribution < -0.4 is 16.0 Å². The van der Waals surface area contributed by atoms with Gasteiger partial charge in [0.1, 0.15) is 6.04 Å². The standard InChI is InChI=1S/C28H28N4O2S/c1-18-14-15-19(2)23(16-18)31-24(33)17-35-28-29-20(3)25(26(32-28)21-10-6-4-7-11-21)27(34)30-22-12-8-5-9-13-22/h4-16,26H,17H2,1-3H3,(H,29,32)(H,30,34)(H,31,33)/t26-/m0/s1. The average molecular weight is 485 g/mol. The van der Waals surface area contributed by atoms with Crippen LogP contribution in [0.3, 0.4) is 0 Å². The molecule has 1 aliphatic rings. The molecule has 178 valence electrons. The summed E-state index contributed by atoms with van der Waals surface area (Å²) in [6.45, 7) is 5.83. The first-order valence-corrected chi connectivity index (χ1v) is 12.4. The third kappa shape index (κ3) is 6.19. The van der Waals surface area contributed by atoms with E-state index in [0.29, 0.717) is 16.4 Å². The molecule has 0 spiro atoms. The molecular formula is C28H28N4O2S. The minimum Gasteiger partial charge on any atom is -0.338 e. The smallest absolute Gasteiger partial charge is 0.255 e. The van der Waals surface area contributed by atoms with E-state index in [1.807, 2.05) is 99.6 Å². The Morgan fingerprint density at radius 3 is 2.31 bits per heavy atom. The molecule has 0 radical (unpaired) electrons. The van der Waals surface area contributed by atoms with Crippen molar-refractivity contribution in [2.45, 2.75) is 26.8 Å². The predicted octanol–water partition coefficient (Wildman–Crippen LogP) is 5.59. The van der Waals surface area contributed by atoms with E-state index in [4.69, 9.17) is 4.99 Å². The lowest BCUT2D eigenvalue weighted by Crippen LogP contribution is -2.32. The lowest BCUT2D eigenvalue weighted by Gasteiger charge is -2.26. The van der Waals surface area contributed by atoms with Gasteiger partial charge < -0.3 is 16.0 Å². The largest absolute Gasteiger partial charge is 0.338 e. The summed E-state index contributed by atoms with van der Waals surface area (Å²) >= 11 is 1.32. The molecule has 0 bridgehead atoms. The van der Waals surface area contributed by atoms with Crippen LogP contribution in [0.4, 0.5) is 11.4 Å². The Labute approximate surface area is 209 Å². The van der Waals surface area contributed by atoms with Crippen molar-refractivity contribution in [3.63, 3.8) is 0 Å². The van der Waals surface area contributed by atoms with E-state index >= 15 is 0 Å². The molecule has 7 heteroatoms. The van der Waals surface area contributed by atoms with Crippen molar-refractivity contribution < 1.29 is 9.59 Å². The summed E-state index contributed by atoms with van der Waals surface area (Å²) in [4.78, 5) is 30.7. The van der Waals surface area contributed by atoms with Crippen LogP contribution in [0.1, 0.15) is 29.7 Å². The normalized spacial score (nSPS) is 15.2. The molecule has 0 saturated carbocycles. The third-order valence-corrected chi connectivity index (χ3v) is 6.50. The molecule has 0 aromatic heterocycles. The van der Waals surface area contributed by atoms with Gasteiger partial charge in [-0.3, -0.25) is 9.59 Å². The maximum absolute atomic E-state index is 13.2. The van der Waals surface area contributed by atoms with E-state index in [1.54, 1.807) is 0 Å². The topological polar surface area (TPSA) is 82.6 Å². The number of aryl methyl sites for hydroxylation is 2. The van der Waals surface area contributed by atoms with Gasteiger partial charge in [-0.1, -0.05) is 72.4 Å². The van der Waals surface area contributed by atoms with Crippen molar-refractivity contribution in [3.8, 4) is 0 Å². The number of allylic oxidation sites excluding steroid dienone is 1. The van der Waals surface area contributed by atoms with Gasteiger partial charge in [0.2, 0.25) is 5.91 Å². The molecule has 0 aliphatic carbocycles. The molecule has 0 fully saturated rings. The molecule has 0 unspecified atom stereocenters. The van der Waals surface area contributed by atoms with Crippen LogP contribution >= 0.6 is 11.8 Å². The van der Waals surface area contributed by atoms with Crippen molar-refractivity contribution in [2.24, 2.45) is 4.99 Å². The summed E-state index contributed by atoms with van der Waals surface area (Å²) in [6.07, 6.45) is 0. The van der Waals surface area contributed by atoms with Crippen molar-refractivity contribution >= 4 is 40.1 Å². The number of nitrogens with one attached hydrogen (secondary N) is 3. The SMILES string of the molecule is CC1=C(C(=O)Nc2ccccc2)[C@H](c2ccccc2)N=C(SCC(=O)Nc2cc(C)ccc2C)N1. The molecule has 3 aromatic rings. The van der Waals surface area contributed by atoms with Crippen molar-refractivity contribution in [1.29, 1.82) is 0 Å². The number of aliphatic imine (C=N–C) groups is 1. The molecule has 35 heavy (non-hydrogen) atoms. The van der Waals surface area contributed by atoms with Crippen LogP contribution in [0.5, 0.6) is 0 Å². The number of para-hydroxylation sites is 1. The second kappa shape index (κ2) is 11.1. The van der Waals surface area contributed by atoms with Gasteiger partial charge in [0.15, 0.2) is 5.17 Å². The zero-order valence-corrected chi connectivity index (χ0v) is 20.8. The number of amides is 2. The number of anilines is 2. The van der Waals surface area contributed by atoms with Crippen molar-refractivity contribution in [1.82, 2.24) is 5.32 Å². The van der Waals surface area contributed by atoms with Gasteiger partial charge in [-0.2, -0.15) is 0 Å². The number of carbonyl (C=O) groups excluding carboxylic acids is 2. The Morgan fingerprint density at radius 1 is 0.914 bits per heavy atom. The monoisotopic (exact) mass is 484 g/mol. The molecular weight excluding hydrogens is 456 g/mol. The highest BCUT2D eigenvalue weighted by Crippen LogP contribution is 2.33. The lowest BCUT2D eigenvalue weighted by molar-refractivity contribution is -0.114. The van der Waals surface area contributed by atoms with E-state index in [2.05, 4.69) is 16.0 Å². The van der Waals surface area contributed by atoms with Crippen LogP contribution in [-0.4, -0.2) is 22.7 Å². The predicted molar refractivity (Wildman–Crippen MR) is 145 cm³/mol.